The Morgan fingerprint density at radius 2 is 1.84 bits per heavy atom. The lowest BCUT2D eigenvalue weighted by Gasteiger charge is -2.33. The lowest BCUT2D eigenvalue weighted by molar-refractivity contribution is 0.0452. The van der Waals surface area contributed by atoms with Crippen molar-refractivity contribution in [1.29, 1.82) is 0 Å². The Morgan fingerprint density at radius 3 is 2.53 bits per heavy atom. The summed E-state index contributed by atoms with van der Waals surface area (Å²) in [6.07, 6.45) is 3.01. The van der Waals surface area contributed by atoms with Gasteiger partial charge in [0.05, 0.1) is 0 Å². The van der Waals surface area contributed by atoms with E-state index >= 15 is 0 Å². The number of piperidine rings is 1. The Hall–Kier alpha value is -2.90. The van der Waals surface area contributed by atoms with Crippen molar-refractivity contribution >= 4 is 34.9 Å². The second-order valence-electron chi connectivity index (χ2n) is 11.8. The van der Waals surface area contributed by atoms with Crippen molar-refractivity contribution in [3.63, 3.8) is 0 Å². The fourth-order valence-corrected chi connectivity index (χ4v) is 5.64. The summed E-state index contributed by atoms with van der Waals surface area (Å²) in [4.78, 5) is 32.9. The quantitative estimate of drug-likeness (QED) is 0.362. The molecule has 0 unspecified atom stereocenters. The van der Waals surface area contributed by atoms with Gasteiger partial charge in [-0.25, -0.2) is 4.79 Å². The van der Waals surface area contributed by atoms with Gasteiger partial charge in [-0.2, -0.15) is 0 Å². The Labute approximate surface area is 234 Å². The molecule has 1 N–H and O–H groups in total. The number of hydrogen-bond acceptors (Lipinski definition) is 5. The molecule has 4 rings (SSSR count). The van der Waals surface area contributed by atoms with E-state index in [1.54, 1.807) is 22.3 Å². The molecule has 1 aliphatic rings. The summed E-state index contributed by atoms with van der Waals surface area (Å²) in [5.74, 6) is -0.0911. The average molecular weight is 554 g/mol. The first-order valence-corrected chi connectivity index (χ1v) is 14.2. The summed E-state index contributed by atoms with van der Waals surface area (Å²) in [7, 11) is 0. The van der Waals surface area contributed by atoms with Crippen LogP contribution in [0, 0.1) is 0 Å². The number of likely N-dealkylation sites (tertiary alicyclic amines) is 1. The van der Waals surface area contributed by atoms with Crippen LogP contribution >= 0.6 is 22.9 Å². The van der Waals surface area contributed by atoms with Crippen LogP contribution in [0.2, 0.25) is 5.02 Å². The molecule has 38 heavy (non-hydrogen) atoms. The maximum Gasteiger partial charge on any atom is 0.407 e. The molecule has 2 aromatic heterocycles. The maximum absolute atomic E-state index is 13.3. The van der Waals surface area contributed by atoms with E-state index in [0.29, 0.717) is 23.7 Å². The van der Waals surface area contributed by atoms with Gasteiger partial charge in [0.25, 0.3) is 5.91 Å². The highest BCUT2D eigenvalue weighted by Gasteiger charge is 2.27. The third-order valence-corrected chi connectivity index (χ3v) is 7.66. The van der Waals surface area contributed by atoms with Gasteiger partial charge in [0.2, 0.25) is 0 Å². The first kappa shape index (κ1) is 28.1. The minimum atomic E-state index is -0.566. The number of hydrogen-bond donors (Lipinski definition) is 1. The van der Waals surface area contributed by atoms with Crippen LogP contribution < -0.4 is 5.32 Å². The summed E-state index contributed by atoms with van der Waals surface area (Å²) in [5.41, 5.74) is 4.03. The normalized spacial score (nSPS) is 16.3. The number of ether oxygens (including phenoxy) is 1. The number of aromatic nitrogens is 1. The smallest absolute Gasteiger partial charge is 0.407 e. The minimum Gasteiger partial charge on any atom is -0.444 e. The Balaban J connectivity index is 1.46. The van der Waals surface area contributed by atoms with Gasteiger partial charge in [-0.1, -0.05) is 38.4 Å². The molecule has 0 spiro atoms. The summed E-state index contributed by atoms with van der Waals surface area (Å²) in [5, 5.41) is 5.52. The van der Waals surface area contributed by atoms with Crippen LogP contribution in [0.3, 0.4) is 0 Å². The number of halogens is 1. The molecule has 2 amide bonds. The van der Waals surface area contributed by atoms with Crippen molar-refractivity contribution in [2.75, 3.05) is 13.1 Å². The van der Waals surface area contributed by atoms with Gasteiger partial charge in [0, 0.05) is 57.5 Å². The number of nitrogens with zero attached hydrogens (tertiary/aromatic N) is 2. The van der Waals surface area contributed by atoms with Crippen LogP contribution in [0.25, 0.3) is 21.6 Å². The van der Waals surface area contributed by atoms with Crippen LogP contribution in [0.4, 0.5) is 4.79 Å². The molecule has 0 bridgehead atoms. The monoisotopic (exact) mass is 553 g/mol. The topological polar surface area (TPSA) is 71.5 Å². The number of rotatable bonds is 4. The van der Waals surface area contributed by atoms with Crippen molar-refractivity contribution < 1.29 is 14.3 Å². The number of amides is 2. The summed E-state index contributed by atoms with van der Waals surface area (Å²) < 4.78 is 5.37. The van der Waals surface area contributed by atoms with Crippen molar-refractivity contribution in [3.8, 4) is 21.6 Å². The molecule has 1 aliphatic heterocycles. The van der Waals surface area contributed by atoms with Crippen LogP contribution in [0.15, 0.2) is 48.0 Å². The Morgan fingerprint density at radius 1 is 1.08 bits per heavy atom. The lowest BCUT2D eigenvalue weighted by atomic mass is 9.90. The van der Waals surface area contributed by atoms with Crippen LogP contribution in [0.1, 0.15) is 70.4 Å². The number of benzene rings is 1. The van der Waals surface area contributed by atoms with Crippen LogP contribution in [-0.4, -0.2) is 46.6 Å². The highest BCUT2D eigenvalue weighted by Crippen LogP contribution is 2.37. The molecule has 0 aliphatic carbocycles. The molecule has 202 valence electrons. The summed E-state index contributed by atoms with van der Waals surface area (Å²) in [6, 6.07) is 11.6. The number of nitrogens with one attached hydrogen (secondary N) is 1. The van der Waals surface area contributed by atoms with E-state index in [1.807, 2.05) is 45.2 Å². The fourth-order valence-electron chi connectivity index (χ4n) is 4.44. The molecule has 3 aromatic rings. The fraction of sp³-hybridized carbons (Fsp3) is 0.433. The summed E-state index contributed by atoms with van der Waals surface area (Å²) >= 11 is 8.36. The van der Waals surface area contributed by atoms with Gasteiger partial charge in [-0.15, -0.1) is 11.3 Å². The zero-order valence-electron chi connectivity index (χ0n) is 22.9. The van der Waals surface area contributed by atoms with E-state index in [2.05, 4.69) is 48.6 Å². The van der Waals surface area contributed by atoms with Gasteiger partial charge < -0.3 is 15.0 Å². The van der Waals surface area contributed by atoms with E-state index in [0.717, 1.165) is 40.1 Å². The molecule has 6 nitrogen and oxygen atoms in total. The third-order valence-electron chi connectivity index (χ3n) is 6.37. The van der Waals surface area contributed by atoms with E-state index in [-0.39, 0.29) is 17.4 Å². The third kappa shape index (κ3) is 6.94. The highest BCUT2D eigenvalue weighted by atomic mass is 35.5. The largest absolute Gasteiger partial charge is 0.444 e. The van der Waals surface area contributed by atoms with Gasteiger partial charge >= 0.3 is 6.09 Å². The second-order valence-corrected chi connectivity index (χ2v) is 13.1. The van der Waals surface area contributed by atoms with Crippen molar-refractivity contribution in [1.82, 2.24) is 15.2 Å². The van der Waals surface area contributed by atoms with E-state index < -0.39 is 11.7 Å². The molecule has 1 atom stereocenters. The Bertz CT molecular complexity index is 1320. The molecule has 1 saturated heterocycles. The van der Waals surface area contributed by atoms with Gasteiger partial charge in [-0.3, -0.25) is 9.78 Å². The average Bonchev–Trinajstić information content (AvgIpc) is 3.32. The van der Waals surface area contributed by atoms with E-state index in [1.165, 1.54) is 0 Å². The first-order valence-electron chi connectivity index (χ1n) is 12.9. The maximum atomic E-state index is 13.3. The lowest BCUT2D eigenvalue weighted by Crippen LogP contribution is -2.50. The number of thiophene rings is 1. The second kappa shape index (κ2) is 11.1. The van der Waals surface area contributed by atoms with E-state index in [9.17, 15) is 9.59 Å². The highest BCUT2D eigenvalue weighted by molar-refractivity contribution is 7.14. The minimum absolute atomic E-state index is 0.0258. The van der Waals surface area contributed by atoms with Crippen LogP contribution in [0.5, 0.6) is 0 Å². The van der Waals surface area contributed by atoms with Crippen molar-refractivity contribution in [2.24, 2.45) is 0 Å². The van der Waals surface area contributed by atoms with Gasteiger partial charge in [0.15, 0.2) is 0 Å². The molecular weight excluding hydrogens is 518 g/mol. The molecule has 0 radical (unpaired) electrons. The molecule has 3 heterocycles. The number of carbonyl (C=O) groups excluding carboxylic acids is 2. The Kier molecular flexibility index (Phi) is 8.19. The molecule has 1 aromatic carbocycles. The standard InChI is InChI=1S/C30H36ClN3O3S/c1-29(2,3)26-16-19(11-12-32-26)25-15-21(18-38-25)23-10-9-20(14-24(23)31)27(35)34-13-7-8-22(17-34)33-28(36)37-30(4,5)6/h9-12,14-16,18,22H,7-8,13,17H2,1-6H3,(H,33,36)/t22-/m0/s1. The molecule has 1 fully saturated rings. The van der Waals surface area contributed by atoms with Crippen LogP contribution in [-0.2, 0) is 10.2 Å². The number of carbonyl (C=O) groups is 2. The molecule has 0 saturated carbocycles. The number of pyridine rings is 1. The first-order chi connectivity index (χ1) is 17.8. The zero-order valence-corrected chi connectivity index (χ0v) is 24.5. The molecule has 8 heteroatoms. The zero-order chi connectivity index (χ0) is 27.7. The van der Waals surface area contributed by atoms with Crippen molar-refractivity contribution in [2.45, 2.75) is 71.4 Å². The van der Waals surface area contributed by atoms with Gasteiger partial charge in [-0.05, 0) is 80.5 Å². The number of alkyl carbamates (subject to hydrolysis) is 1. The predicted molar refractivity (Wildman–Crippen MR) is 155 cm³/mol. The predicted octanol–water partition coefficient (Wildman–Crippen LogP) is 7.56. The summed E-state index contributed by atoms with van der Waals surface area (Å²) in [6.45, 7) is 13.0. The molecular formula is C30H36ClN3O3S. The van der Waals surface area contributed by atoms with E-state index in [4.69, 9.17) is 16.3 Å². The van der Waals surface area contributed by atoms with Gasteiger partial charge in [0.1, 0.15) is 5.60 Å². The van der Waals surface area contributed by atoms with Crippen molar-refractivity contribution in [3.05, 3.63) is 64.3 Å². The SMILES string of the molecule is CC(C)(C)OC(=O)N[C@H]1CCCN(C(=O)c2ccc(-c3csc(-c4ccnc(C(C)(C)C)c4)c3)c(Cl)c2)C1.